The summed E-state index contributed by atoms with van der Waals surface area (Å²) in [5, 5.41) is 8.83. The Morgan fingerprint density at radius 1 is 1.40 bits per heavy atom. The van der Waals surface area contributed by atoms with Crippen LogP contribution in [0.4, 0.5) is 4.39 Å². The molecule has 0 spiro atoms. The van der Waals surface area contributed by atoms with Crippen LogP contribution in [0.25, 0.3) is 10.9 Å². The first-order valence-corrected chi connectivity index (χ1v) is 4.26. The molecule has 2 aromatic rings. The van der Waals surface area contributed by atoms with Crippen LogP contribution in [0.5, 0.6) is 0 Å². The number of hydrogen-bond donors (Lipinski definition) is 1. The predicted molar refractivity (Wildman–Crippen MR) is 51.2 cm³/mol. The van der Waals surface area contributed by atoms with Gasteiger partial charge in [-0.05, 0) is 19.1 Å². The van der Waals surface area contributed by atoms with Gasteiger partial charge in [0.15, 0.2) is 5.69 Å². The Morgan fingerprint density at radius 2 is 2.13 bits per heavy atom. The zero-order chi connectivity index (χ0) is 11.0. The highest BCUT2D eigenvalue weighted by Crippen LogP contribution is 2.19. The minimum Gasteiger partial charge on any atom is -0.476 e. The zero-order valence-corrected chi connectivity index (χ0v) is 7.86. The number of carbonyl (C=O) groups is 1. The van der Waals surface area contributed by atoms with Gasteiger partial charge in [-0.15, -0.1) is 0 Å². The average Bonchev–Trinajstić information content (AvgIpc) is 2.16. The van der Waals surface area contributed by atoms with Crippen molar-refractivity contribution in [2.24, 2.45) is 0 Å². The highest BCUT2D eigenvalue weighted by Gasteiger charge is 2.15. The molecule has 15 heavy (non-hydrogen) atoms. The number of benzene rings is 1. The van der Waals surface area contributed by atoms with Gasteiger partial charge in [-0.3, -0.25) is 0 Å². The average molecular weight is 206 g/mol. The van der Waals surface area contributed by atoms with E-state index in [4.69, 9.17) is 5.11 Å². The van der Waals surface area contributed by atoms with Gasteiger partial charge in [-0.1, -0.05) is 6.07 Å². The Labute approximate surface area is 84.4 Å². The topological polar surface area (TPSA) is 63.1 Å². The third-order valence-electron chi connectivity index (χ3n) is 1.99. The Morgan fingerprint density at radius 3 is 2.80 bits per heavy atom. The Bertz CT molecular complexity index is 554. The molecule has 2 rings (SSSR count). The fourth-order valence-corrected chi connectivity index (χ4v) is 1.41. The van der Waals surface area contributed by atoms with E-state index in [1.807, 2.05) is 0 Å². The summed E-state index contributed by atoms with van der Waals surface area (Å²) in [6.45, 7) is 1.57. The summed E-state index contributed by atoms with van der Waals surface area (Å²) in [7, 11) is 0. The van der Waals surface area contributed by atoms with E-state index in [0.29, 0.717) is 11.3 Å². The van der Waals surface area contributed by atoms with Crippen molar-refractivity contribution < 1.29 is 14.3 Å². The number of rotatable bonds is 1. The van der Waals surface area contributed by atoms with E-state index < -0.39 is 11.8 Å². The molecule has 0 bridgehead atoms. The van der Waals surface area contributed by atoms with Gasteiger partial charge in [-0.2, -0.15) is 0 Å². The molecule has 0 aliphatic rings. The SMILES string of the molecule is Cc1nc(C(=O)O)c2c(F)cccc2n1. The summed E-state index contributed by atoms with van der Waals surface area (Å²) >= 11 is 0. The Hall–Kier alpha value is -2.04. The molecule has 0 atom stereocenters. The molecule has 0 unspecified atom stereocenters. The van der Waals surface area contributed by atoms with E-state index >= 15 is 0 Å². The maximum absolute atomic E-state index is 13.4. The van der Waals surface area contributed by atoms with Crippen molar-refractivity contribution in [3.05, 3.63) is 35.5 Å². The zero-order valence-electron chi connectivity index (χ0n) is 7.86. The van der Waals surface area contributed by atoms with E-state index in [2.05, 4.69) is 9.97 Å². The van der Waals surface area contributed by atoms with Crippen LogP contribution in [-0.4, -0.2) is 21.0 Å². The number of halogens is 1. The standard InChI is InChI=1S/C10H7FN2O2/c1-5-12-7-4-2-3-6(11)8(7)9(13-5)10(14)15/h2-4H,1H3,(H,14,15). The molecule has 0 saturated carbocycles. The van der Waals surface area contributed by atoms with Crippen molar-refractivity contribution in [2.75, 3.05) is 0 Å². The first kappa shape index (κ1) is 9.51. The van der Waals surface area contributed by atoms with Gasteiger partial charge in [0.25, 0.3) is 0 Å². The smallest absolute Gasteiger partial charge is 0.355 e. The van der Waals surface area contributed by atoms with Gasteiger partial charge in [-0.25, -0.2) is 19.2 Å². The van der Waals surface area contributed by atoms with Gasteiger partial charge in [0.1, 0.15) is 11.6 Å². The number of aromatic carboxylic acids is 1. The van der Waals surface area contributed by atoms with Crippen LogP contribution >= 0.6 is 0 Å². The lowest BCUT2D eigenvalue weighted by molar-refractivity contribution is 0.0692. The van der Waals surface area contributed by atoms with Crippen LogP contribution in [0.15, 0.2) is 18.2 Å². The molecule has 4 nitrogen and oxygen atoms in total. The van der Waals surface area contributed by atoms with Crippen molar-refractivity contribution in [1.29, 1.82) is 0 Å². The fraction of sp³-hybridized carbons (Fsp3) is 0.100. The second-order valence-corrected chi connectivity index (χ2v) is 3.06. The minimum atomic E-state index is -1.25. The van der Waals surface area contributed by atoms with Crippen molar-refractivity contribution in [1.82, 2.24) is 9.97 Å². The number of carboxylic acid groups (broad SMARTS) is 1. The molecular weight excluding hydrogens is 199 g/mol. The predicted octanol–water partition coefficient (Wildman–Crippen LogP) is 1.78. The fourth-order valence-electron chi connectivity index (χ4n) is 1.41. The lowest BCUT2D eigenvalue weighted by Crippen LogP contribution is -2.05. The summed E-state index contributed by atoms with van der Waals surface area (Å²) in [6, 6.07) is 4.22. The van der Waals surface area contributed by atoms with Gasteiger partial charge in [0.2, 0.25) is 0 Å². The third-order valence-corrected chi connectivity index (χ3v) is 1.99. The van der Waals surface area contributed by atoms with Crippen LogP contribution in [0.2, 0.25) is 0 Å². The van der Waals surface area contributed by atoms with Gasteiger partial charge in [0, 0.05) is 0 Å². The first-order chi connectivity index (χ1) is 7.09. The van der Waals surface area contributed by atoms with Crippen molar-refractivity contribution in [3.63, 3.8) is 0 Å². The molecule has 0 saturated heterocycles. The number of aryl methyl sites for hydroxylation is 1. The van der Waals surface area contributed by atoms with E-state index in [1.54, 1.807) is 13.0 Å². The molecule has 1 heterocycles. The largest absolute Gasteiger partial charge is 0.476 e. The molecule has 0 fully saturated rings. The van der Waals surface area contributed by atoms with Crippen LogP contribution < -0.4 is 0 Å². The second kappa shape index (κ2) is 3.27. The quantitative estimate of drug-likeness (QED) is 0.772. The highest BCUT2D eigenvalue weighted by atomic mass is 19.1. The van der Waals surface area contributed by atoms with Crippen LogP contribution in [0.1, 0.15) is 16.3 Å². The lowest BCUT2D eigenvalue weighted by atomic mass is 10.1. The van der Waals surface area contributed by atoms with E-state index in [1.165, 1.54) is 12.1 Å². The Balaban J connectivity index is 2.94. The van der Waals surface area contributed by atoms with Crippen molar-refractivity contribution in [3.8, 4) is 0 Å². The monoisotopic (exact) mass is 206 g/mol. The molecule has 1 aromatic heterocycles. The normalized spacial score (nSPS) is 10.5. The number of nitrogens with zero attached hydrogens (tertiary/aromatic N) is 2. The van der Waals surface area contributed by atoms with Gasteiger partial charge in [0.05, 0.1) is 10.9 Å². The third kappa shape index (κ3) is 1.52. The molecule has 0 aliphatic carbocycles. The van der Waals surface area contributed by atoms with Crippen LogP contribution in [-0.2, 0) is 0 Å². The molecule has 76 valence electrons. The summed E-state index contributed by atoms with van der Waals surface area (Å²) in [5.74, 6) is -1.56. The molecule has 0 aliphatic heterocycles. The number of fused-ring (bicyclic) bond motifs is 1. The van der Waals surface area contributed by atoms with Gasteiger partial charge >= 0.3 is 5.97 Å². The molecule has 0 amide bonds. The summed E-state index contributed by atoms with van der Waals surface area (Å²) < 4.78 is 13.4. The molecule has 1 N–H and O–H groups in total. The van der Waals surface area contributed by atoms with E-state index in [-0.39, 0.29) is 11.1 Å². The number of aromatic nitrogens is 2. The first-order valence-electron chi connectivity index (χ1n) is 4.26. The molecular formula is C10H7FN2O2. The summed E-state index contributed by atoms with van der Waals surface area (Å²) in [5.41, 5.74) is 0.00972. The maximum Gasteiger partial charge on any atom is 0.355 e. The maximum atomic E-state index is 13.4. The molecule has 5 heteroatoms. The summed E-state index contributed by atoms with van der Waals surface area (Å²) in [4.78, 5) is 18.5. The minimum absolute atomic E-state index is 0.0457. The van der Waals surface area contributed by atoms with E-state index in [9.17, 15) is 9.18 Å². The van der Waals surface area contributed by atoms with Crippen molar-refractivity contribution in [2.45, 2.75) is 6.92 Å². The van der Waals surface area contributed by atoms with Gasteiger partial charge < -0.3 is 5.11 Å². The number of carboxylic acids is 1. The number of hydrogen-bond acceptors (Lipinski definition) is 3. The highest BCUT2D eigenvalue weighted by molar-refractivity contribution is 6.00. The molecule has 1 aromatic carbocycles. The van der Waals surface area contributed by atoms with E-state index in [0.717, 1.165) is 0 Å². The van der Waals surface area contributed by atoms with Crippen molar-refractivity contribution >= 4 is 16.9 Å². The lowest BCUT2D eigenvalue weighted by Gasteiger charge is -2.03. The molecule has 0 radical (unpaired) electrons. The summed E-state index contributed by atoms with van der Waals surface area (Å²) in [6.07, 6.45) is 0. The Kier molecular flexibility index (Phi) is 2.07. The second-order valence-electron chi connectivity index (χ2n) is 3.06. The van der Waals surface area contributed by atoms with Crippen LogP contribution in [0, 0.1) is 12.7 Å². The van der Waals surface area contributed by atoms with Crippen LogP contribution in [0.3, 0.4) is 0 Å².